The van der Waals surface area contributed by atoms with Crippen molar-refractivity contribution < 1.29 is 23.8 Å². The molecule has 7 nitrogen and oxygen atoms in total. The lowest BCUT2D eigenvalue weighted by Crippen LogP contribution is -2.02. The first kappa shape index (κ1) is 20.8. The standard InChI is InChI=1S/C20H22N2O5S2/c1-23-14-7-6-11(8-13(14)21)19-17(20(22-27-5)29-28-19)12-9-15(24-2)18(26-4)16(10-12)25-3/h6-10H,21H2,1-5H3/b22-20+. The van der Waals surface area contributed by atoms with Gasteiger partial charge in [-0.05, 0) is 41.5 Å². The van der Waals surface area contributed by atoms with E-state index in [0.29, 0.717) is 28.7 Å². The molecule has 0 atom stereocenters. The van der Waals surface area contributed by atoms with Crippen molar-refractivity contribution in [2.45, 2.75) is 0 Å². The fourth-order valence-electron chi connectivity index (χ4n) is 2.95. The predicted octanol–water partition coefficient (Wildman–Crippen LogP) is 4.22. The molecule has 1 aromatic heterocycles. The van der Waals surface area contributed by atoms with Crippen LogP contribution in [-0.4, -0.2) is 35.5 Å². The van der Waals surface area contributed by atoms with E-state index in [4.69, 9.17) is 29.5 Å². The Kier molecular flexibility index (Phi) is 6.50. The third-order valence-corrected chi connectivity index (χ3v) is 6.61. The molecule has 0 spiro atoms. The molecule has 3 rings (SSSR count). The van der Waals surface area contributed by atoms with Crippen LogP contribution in [0.25, 0.3) is 21.6 Å². The lowest BCUT2D eigenvalue weighted by molar-refractivity contribution is 0.202. The minimum absolute atomic E-state index is 0.526. The molecule has 2 N–H and O–H groups in total. The monoisotopic (exact) mass is 434 g/mol. The number of methoxy groups -OCH3 is 4. The molecular formula is C20H22N2O5S2. The molecule has 0 aliphatic heterocycles. The van der Waals surface area contributed by atoms with Crippen LogP contribution in [0.4, 0.5) is 5.69 Å². The fraction of sp³-hybridized carbons (Fsp3) is 0.250. The molecule has 0 bridgehead atoms. The van der Waals surface area contributed by atoms with E-state index >= 15 is 0 Å². The highest BCUT2D eigenvalue weighted by Gasteiger charge is 2.20. The SMILES string of the molecule is CO/N=c1/ssc(-c2ccc(OC)c(N)c2)c1-c1cc(OC)c(OC)c(OC)c1. The van der Waals surface area contributed by atoms with Crippen molar-refractivity contribution in [1.29, 1.82) is 0 Å². The molecule has 0 amide bonds. The third-order valence-electron chi connectivity index (χ3n) is 4.26. The van der Waals surface area contributed by atoms with Crippen molar-refractivity contribution in [3.63, 3.8) is 0 Å². The lowest BCUT2D eigenvalue weighted by atomic mass is 10.0. The second-order valence-corrected chi connectivity index (χ2v) is 7.95. The Morgan fingerprint density at radius 2 is 1.41 bits per heavy atom. The van der Waals surface area contributed by atoms with E-state index in [1.54, 1.807) is 38.8 Å². The zero-order valence-corrected chi connectivity index (χ0v) is 18.4. The van der Waals surface area contributed by atoms with E-state index in [1.807, 2.05) is 30.3 Å². The second-order valence-electron chi connectivity index (χ2n) is 5.82. The van der Waals surface area contributed by atoms with Gasteiger partial charge in [-0.25, -0.2) is 0 Å². The number of nitrogens with two attached hydrogens (primary N) is 1. The van der Waals surface area contributed by atoms with Crippen molar-refractivity contribution in [1.82, 2.24) is 0 Å². The van der Waals surface area contributed by atoms with Gasteiger partial charge in [-0.15, -0.1) is 0 Å². The van der Waals surface area contributed by atoms with Gasteiger partial charge in [0.05, 0.1) is 39.0 Å². The fourth-order valence-corrected chi connectivity index (χ4v) is 5.48. The molecule has 2 aromatic carbocycles. The average Bonchev–Trinajstić information content (AvgIpc) is 3.16. The summed E-state index contributed by atoms with van der Waals surface area (Å²) in [7, 11) is 11.0. The highest BCUT2D eigenvalue weighted by Crippen LogP contribution is 2.44. The Labute approximate surface area is 176 Å². The molecule has 29 heavy (non-hydrogen) atoms. The topological polar surface area (TPSA) is 84.5 Å². The maximum Gasteiger partial charge on any atom is 0.203 e. The van der Waals surface area contributed by atoms with Crippen LogP contribution in [-0.2, 0) is 4.84 Å². The molecule has 0 aliphatic rings. The van der Waals surface area contributed by atoms with Gasteiger partial charge in [0.15, 0.2) is 16.2 Å². The highest BCUT2D eigenvalue weighted by molar-refractivity contribution is 7.70. The first-order valence-corrected chi connectivity index (χ1v) is 10.7. The van der Waals surface area contributed by atoms with E-state index in [0.717, 1.165) is 26.2 Å². The Morgan fingerprint density at radius 3 is 1.93 bits per heavy atom. The van der Waals surface area contributed by atoms with Crippen LogP contribution < -0.4 is 29.4 Å². The molecule has 0 unspecified atom stereocenters. The molecule has 0 saturated carbocycles. The van der Waals surface area contributed by atoms with Gasteiger partial charge in [0, 0.05) is 5.56 Å². The number of benzene rings is 2. The number of nitrogen functional groups attached to an aromatic ring is 1. The van der Waals surface area contributed by atoms with Crippen LogP contribution in [0.3, 0.4) is 0 Å². The number of rotatable bonds is 7. The Hall–Kier alpha value is -2.91. The van der Waals surface area contributed by atoms with E-state index in [1.165, 1.54) is 17.5 Å². The zero-order valence-electron chi connectivity index (χ0n) is 16.8. The number of hydrogen-bond donors (Lipinski definition) is 1. The van der Waals surface area contributed by atoms with Crippen molar-refractivity contribution in [2.24, 2.45) is 5.16 Å². The number of anilines is 1. The molecule has 0 radical (unpaired) electrons. The average molecular weight is 435 g/mol. The number of ether oxygens (including phenoxy) is 4. The first-order valence-electron chi connectivity index (χ1n) is 8.52. The molecule has 0 aliphatic carbocycles. The van der Waals surface area contributed by atoms with Crippen LogP contribution in [0.5, 0.6) is 23.0 Å². The second kappa shape index (κ2) is 9.06. The van der Waals surface area contributed by atoms with E-state index < -0.39 is 0 Å². The van der Waals surface area contributed by atoms with E-state index in [2.05, 4.69) is 5.16 Å². The number of nitrogens with zero attached hydrogens (tertiary/aromatic N) is 1. The van der Waals surface area contributed by atoms with Gasteiger partial charge in [-0.3, -0.25) is 0 Å². The molecule has 3 aromatic rings. The summed E-state index contributed by atoms with van der Waals surface area (Å²) in [6.45, 7) is 0. The Morgan fingerprint density at radius 1 is 0.759 bits per heavy atom. The number of hydrogen-bond acceptors (Lipinski definition) is 9. The quantitative estimate of drug-likeness (QED) is 0.340. The van der Waals surface area contributed by atoms with Gasteiger partial charge in [-0.2, -0.15) is 0 Å². The van der Waals surface area contributed by atoms with Gasteiger partial charge in [-0.1, -0.05) is 25.8 Å². The zero-order chi connectivity index (χ0) is 21.0. The summed E-state index contributed by atoms with van der Waals surface area (Å²) >= 11 is 0. The molecular weight excluding hydrogens is 412 g/mol. The maximum absolute atomic E-state index is 6.13. The van der Waals surface area contributed by atoms with Gasteiger partial charge < -0.3 is 29.5 Å². The molecule has 1 heterocycles. The third kappa shape index (κ3) is 3.96. The van der Waals surface area contributed by atoms with Crippen LogP contribution in [0.1, 0.15) is 0 Å². The smallest absolute Gasteiger partial charge is 0.203 e. The minimum Gasteiger partial charge on any atom is -0.495 e. The summed E-state index contributed by atoms with van der Waals surface area (Å²) in [5.41, 5.74) is 9.39. The van der Waals surface area contributed by atoms with Crippen LogP contribution in [0, 0.1) is 0 Å². The van der Waals surface area contributed by atoms with E-state index in [9.17, 15) is 0 Å². The molecule has 0 fully saturated rings. The molecule has 154 valence electrons. The Balaban J connectivity index is 2.28. The summed E-state index contributed by atoms with van der Waals surface area (Å²) in [6, 6.07) is 9.48. The van der Waals surface area contributed by atoms with Crippen LogP contribution in [0.15, 0.2) is 35.5 Å². The van der Waals surface area contributed by atoms with Crippen LogP contribution in [0.2, 0.25) is 0 Å². The highest BCUT2D eigenvalue weighted by atomic mass is 32.9. The minimum atomic E-state index is 0.526. The van der Waals surface area contributed by atoms with Crippen LogP contribution >= 0.6 is 20.7 Å². The van der Waals surface area contributed by atoms with Gasteiger partial charge in [0.1, 0.15) is 12.9 Å². The molecule has 0 saturated heterocycles. The largest absolute Gasteiger partial charge is 0.495 e. The van der Waals surface area contributed by atoms with Crippen molar-refractivity contribution in [2.75, 3.05) is 41.3 Å². The van der Waals surface area contributed by atoms with E-state index in [-0.39, 0.29) is 0 Å². The summed E-state index contributed by atoms with van der Waals surface area (Å²) in [4.78, 5) is 6.06. The van der Waals surface area contributed by atoms with Crippen molar-refractivity contribution in [3.05, 3.63) is 35.0 Å². The summed E-state index contributed by atoms with van der Waals surface area (Å²) < 4.78 is 22.5. The van der Waals surface area contributed by atoms with Gasteiger partial charge in [0.2, 0.25) is 5.75 Å². The van der Waals surface area contributed by atoms with Gasteiger partial charge >= 0.3 is 0 Å². The summed E-state index contributed by atoms with van der Waals surface area (Å²) in [6.07, 6.45) is 0. The first-order chi connectivity index (χ1) is 14.1. The lowest BCUT2D eigenvalue weighted by Gasteiger charge is -2.14. The van der Waals surface area contributed by atoms with Gasteiger partial charge in [0.25, 0.3) is 0 Å². The summed E-state index contributed by atoms with van der Waals surface area (Å²) in [5, 5.41) is 4.20. The normalized spacial score (nSPS) is 11.3. The van der Waals surface area contributed by atoms with Crippen molar-refractivity contribution in [3.8, 4) is 44.6 Å². The Bertz CT molecular complexity index is 1050. The molecule has 9 heteroatoms. The maximum atomic E-state index is 6.13. The van der Waals surface area contributed by atoms with Crippen molar-refractivity contribution >= 4 is 26.4 Å². The predicted molar refractivity (Wildman–Crippen MR) is 116 cm³/mol. The summed E-state index contributed by atoms with van der Waals surface area (Å²) in [5.74, 6) is 2.27.